The van der Waals surface area contributed by atoms with Crippen molar-refractivity contribution in [3.63, 3.8) is 0 Å². The molecule has 0 unspecified atom stereocenters. The predicted molar refractivity (Wildman–Crippen MR) is 85.4 cm³/mol. The molecule has 2 N–H and O–H groups in total. The molecule has 0 spiro atoms. The van der Waals surface area contributed by atoms with Crippen molar-refractivity contribution in [3.8, 4) is 22.8 Å². The number of fused-ring (bicyclic) bond motifs is 1. The molecule has 0 atom stereocenters. The van der Waals surface area contributed by atoms with Crippen LogP contribution in [0.5, 0.6) is 11.5 Å². The van der Waals surface area contributed by atoms with E-state index in [0.717, 1.165) is 11.3 Å². The standard InChI is InChI=1S/C17H15NO4/c1-20-11-5-3-10(4-6-11)15-9-13(19)16-12(18)7-8-14(21-2)17(16)22-15/h3-9H,18H2,1-2H3. The van der Waals surface area contributed by atoms with Crippen molar-refractivity contribution in [1.29, 1.82) is 0 Å². The minimum atomic E-state index is -0.205. The molecule has 0 radical (unpaired) electrons. The number of anilines is 1. The largest absolute Gasteiger partial charge is 0.497 e. The Hall–Kier alpha value is -2.95. The van der Waals surface area contributed by atoms with E-state index >= 15 is 0 Å². The summed E-state index contributed by atoms with van der Waals surface area (Å²) in [6, 6.07) is 12.0. The number of ether oxygens (including phenoxy) is 2. The molecule has 0 fully saturated rings. The summed E-state index contributed by atoms with van der Waals surface area (Å²) >= 11 is 0. The fourth-order valence-corrected chi connectivity index (χ4v) is 2.32. The van der Waals surface area contributed by atoms with E-state index in [4.69, 9.17) is 19.6 Å². The Morgan fingerprint density at radius 3 is 2.36 bits per heavy atom. The van der Waals surface area contributed by atoms with E-state index in [1.165, 1.54) is 13.2 Å². The SMILES string of the molecule is COc1ccc(-c2cc(=O)c3c(N)ccc(OC)c3o2)cc1. The Bertz CT molecular complexity index is 882. The summed E-state index contributed by atoms with van der Waals surface area (Å²) in [6.45, 7) is 0. The van der Waals surface area contributed by atoms with Gasteiger partial charge in [0.05, 0.1) is 19.6 Å². The molecule has 3 aromatic rings. The van der Waals surface area contributed by atoms with Crippen LogP contribution in [0, 0.1) is 0 Å². The van der Waals surface area contributed by atoms with Crippen LogP contribution < -0.4 is 20.6 Å². The molecule has 0 amide bonds. The van der Waals surface area contributed by atoms with E-state index in [0.29, 0.717) is 28.2 Å². The van der Waals surface area contributed by atoms with E-state index in [1.807, 2.05) is 12.1 Å². The van der Waals surface area contributed by atoms with Crippen LogP contribution in [0.15, 0.2) is 51.7 Å². The Morgan fingerprint density at radius 2 is 1.73 bits per heavy atom. The van der Waals surface area contributed by atoms with Gasteiger partial charge in [-0.1, -0.05) is 0 Å². The van der Waals surface area contributed by atoms with Crippen molar-refractivity contribution >= 4 is 16.7 Å². The lowest BCUT2D eigenvalue weighted by molar-refractivity contribution is 0.410. The third-order valence-electron chi connectivity index (χ3n) is 3.47. The van der Waals surface area contributed by atoms with Gasteiger partial charge < -0.3 is 19.6 Å². The monoisotopic (exact) mass is 297 g/mol. The highest BCUT2D eigenvalue weighted by atomic mass is 16.5. The number of nitrogens with two attached hydrogens (primary N) is 1. The maximum absolute atomic E-state index is 12.4. The molecule has 2 aromatic carbocycles. The van der Waals surface area contributed by atoms with Crippen LogP contribution >= 0.6 is 0 Å². The summed E-state index contributed by atoms with van der Waals surface area (Å²) < 4.78 is 16.2. The minimum absolute atomic E-state index is 0.205. The first-order valence-electron chi connectivity index (χ1n) is 6.69. The van der Waals surface area contributed by atoms with Gasteiger partial charge in [-0.2, -0.15) is 0 Å². The second-order valence-electron chi connectivity index (χ2n) is 4.76. The first kappa shape index (κ1) is 14.0. The third-order valence-corrected chi connectivity index (χ3v) is 3.47. The molecule has 22 heavy (non-hydrogen) atoms. The summed E-state index contributed by atoms with van der Waals surface area (Å²) in [7, 11) is 3.11. The smallest absolute Gasteiger partial charge is 0.195 e. The van der Waals surface area contributed by atoms with Crippen LogP contribution in [0.1, 0.15) is 0 Å². The lowest BCUT2D eigenvalue weighted by Crippen LogP contribution is -2.04. The van der Waals surface area contributed by atoms with E-state index in [2.05, 4.69) is 0 Å². The van der Waals surface area contributed by atoms with E-state index in [-0.39, 0.29) is 5.43 Å². The van der Waals surface area contributed by atoms with E-state index in [1.54, 1.807) is 31.4 Å². The molecule has 0 aliphatic heterocycles. The molecule has 0 bridgehead atoms. The van der Waals surface area contributed by atoms with Gasteiger partial charge in [0.25, 0.3) is 0 Å². The zero-order valence-electron chi connectivity index (χ0n) is 12.3. The van der Waals surface area contributed by atoms with Crippen LogP contribution in [0.2, 0.25) is 0 Å². The number of hydrogen-bond acceptors (Lipinski definition) is 5. The molecule has 1 aromatic heterocycles. The second kappa shape index (κ2) is 5.44. The summed E-state index contributed by atoms with van der Waals surface area (Å²) in [6.07, 6.45) is 0. The molecule has 5 heteroatoms. The Labute approximate surface area is 126 Å². The quantitative estimate of drug-likeness (QED) is 0.752. The fraction of sp³-hybridized carbons (Fsp3) is 0.118. The van der Waals surface area contributed by atoms with E-state index in [9.17, 15) is 4.79 Å². The lowest BCUT2D eigenvalue weighted by atomic mass is 10.1. The fourth-order valence-electron chi connectivity index (χ4n) is 2.32. The average Bonchev–Trinajstić information content (AvgIpc) is 2.55. The maximum Gasteiger partial charge on any atom is 0.195 e. The highest BCUT2D eigenvalue weighted by Gasteiger charge is 2.13. The van der Waals surface area contributed by atoms with Gasteiger partial charge in [-0.3, -0.25) is 4.79 Å². The average molecular weight is 297 g/mol. The third kappa shape index (κ3) is 2.26. The molecule has 0 saturated carbocycles. The first-order chi connectivity index (χ1) is 10.6. The van der Waals surface area contributed by atoms with Crippen molar-refractivity contribution in [2.45, 2.75) is 0 Å². The molecule has 1 heterocycles. The van der Waals surface area contributed by atoms with Gasteiger partial charge in [-0.05, 0) is 36.4 Å². The van der Waals surface area contributed by atoms with Crippen LogP contribution in [0.4, 0.5) is 5.69 Å². The highest BCUT2D eigenvalue weighted by Crippen LogP contribution is 2.31. The summed E-state index contributed by atoms with van der Waals surface area (Å²) in [4.78, 5) is 12.4. The number of nitrogen functional groups attached to an aromatic ring is 1. The summed E-state index contributed by atoms with van der Waals surface area (Å²) in [5.41, 5.74) is 7.15. The molecule has 0 saturated heterocycles. The van der Waals surface area contributed by atoms with Gasteiger partial charge in [0.1, 0.15) is 11.5 Å². The molecule has 3 rings (SSSR count). The summed E-state index contributed by atoms with van der Waals surface area (Å²) in [5.74, 6) is 1.65. The highest BCUT2D eigenvalue weighted by molar-refractivity contribution is 5.93. The van der Waals surface area contributed by atoms with E-state index < -0.39 is 0 Å². The van der Waals surface area contributed by atoms with Crippen molar-refractivity contribution in [3.05, 3.63) is 52.7 Å². The minimum Gasteiger partial charge on any atom is -0.497 e. The van der Waals surface area contributed by atoms with Gasteiger partial charge in [0.2, 0.25) is 0 Å². The predicted octanol–water partition coefficient (Wildman–Crippen LogP) is 3.06. The normalized spacial score (nSPS) is 10.6. The van der Waals surface area contributed by atoms with Gasteiger partial charge in [0, 0.05) is 17.3 Å². The second-order valence-corrected chi connectivity index (χ2v) is 4.76. The van der Waals surface area contributed by atoms with Gasteiger partial charge in [0.15, 0.2) is 16.8 Å². The number of hydrogen-bond donors (Lipinski definition) is 1. The van der Waals surface area contributed by atoms with Gasteiger partial charge in [-0.25, -0.2) is 0 Å². The van der Waals surface area contributed by atoms with Crippen LogP contribution in [0.3, 0.4) is 0 Å². The van der Waals surface area contributed by atoms with Crippen LogP contribution in [-0.4, -0.2) is 14.2 Å². The van der Waals surface area contributed by atoms with Crippen molar-refractivity contribution in [1.82, 2.24) is 0 Å². The first-order valence-corrected chi connectivity index (χ1v) is 6.69. The number of benzene rings is 2. The van der Waals surface area contributed by atoms with Gasteiger partial charge in [-0.15, -0.1) is 0 Å². The topological polar surface area (TPSA) is 74.7 Å². The number of methoxy groups -OCH3 is 2. The lowest BCUT2D eigenvalue weighted by Gasteiger charge is -2.09. The van der Waals surface area contributed by atoms with Crippen LogP contribution in [0.25, 0.3) is 22.3 Å². The van der Waals surface area contributed by atoms with Crippen molar-refractivity contribution < 1.29 is 13.9 Å². The Kier molecular flexibility index (Phi) is 3.47. The van der Waals surface area contributed by atoms with Gasteiger partial charge >= 0.3 is 0 Å². The van der Waals surface area contributed by atoms with Crippen LogP contribution in [-0.2, 0) is 0 Å². The maximum atomic E-state index is 12.4. The number of rotatable bonds is 3. The molecule has 112 valence electrons. The molecule has 5 nitrogen and oxygen atoms in total. The Balaban J connectivity index is 2.25. The molecule has 0 aliphatic carbocycles. The zero-order chi connectivity index (χ0) is 15.7. The summed E-state index contributed by atoms with van der Waals surface area (Å²) in [5, 5.41) is 0.330. The molecular weight excluding hydrogens is 282 g/mol. The Morgan fingerprint density at radius 1 is 1.00 bits per heavy atom. The van der Waals surface area contributed by atoms with Crippen molar-refractivity contribution in [2.75, 3.05) is 20.0 Å². The zero-order valence-corrected chi connectivity index (χ0v) is 12.3. The van der Waals surface area contributed by atoms with Crippen molar-refractivity contribution in [2.24, 2.45) is 0 Å². The molecular formula is C17H15NO4. The molecule has 0 aliphatic rings.